The number of nitrogens with one attached hydrogen (secondary N) is 1. The molecule has 1 fully saturated rings. The fraction of sp³-hybridized carbons (Fsp3) is 0.667. The summed E-state index contributed by atoms with van der Waals surface area (Å²) in [6.45, 7) is 3.71. The van der Waals surface area contributed by atoms with Crippen molar-refractivity contribution in [2.24, 2.45) is 0 Å². The summed E-state index contributed by atoms with van der Waals surface area (Å²) in [5.74, 6) is -0.973. The first-order chi connectivity index (χ1) is 10.7. The summed E-state index contributed by atoms with van der Waals surface area (Å²) in [6.07, 6.45) is -3.52. The highest BCUT2D eigenvalue weighted by Gasteiger charge is 2.32. The standard InChI is InChI=1S/C15H20F3N3O2/c1-9-7-10(2)20-14(19-9)23-12-5-3-11(4-6-12)21-13(22)8-15(16,17)18/h7,11-12H,3-6,8H2,1-2H3,(H,21,22). The SMILES string of the molecule is Cc1cc(C)nc(OC2CCC(NC(=O)CC(F)(F)F)CC2)n1. The number of hydrogen-bond acceptors (Lipinski definition) is 4. The van der Waals surface area contributed by atoms with Gasteiger partial charge in [0.15, 0.2) is 0 Å². The van der Waals surface area contributed by atoms with Crippen LogP contribution >= 0.6 is 0 Å². The van der Waals surface area contributed by atoms with Crippen LogP contribution in [0.4, 0.5) is 13.2 Å². The van der Waals surface area contributed by atoms with Crippen molar-refractivity contribution in [2.75, 3.05) is 0 Å². The first kappa shape index (κ1) is 17.5. The van der Waals surface area contributed by atoms with Crippen molar-refractivity contribution in [3.63, 3.8) is 0 Å². The van der Waals surface area contributed by atoms with Crippen LogP contribution < -0.4 is 10.1 Å². The van der Waals surface area contributed by atoms with Crippen molar-refractivity contribution in [3.05, 3.63) is 17.5 Å². The van der Waals surface area contributed by atoms with Gasteiger partial charge in [-0.05, 0) is 45.6 Å². The van der Waals surface area contributed by atoms with Crippen LogP contribution in [-0.4, -0.2) is 34.2 Å². The molecule has 23 heavy (non-hydrogen) atoms. The van der Waals surface area contributed by atoms with E-state index in [9.17, 15) is 18.0 Å². The van der Waals surface area contributed by atoms with Crippen molar-refractivity contribution in [1.82, 2.24) is 15.3 Å². The van der Waals surface area contributed by atoms with E-state index < -0.39 is 18.5 Å². The summed E-state index contributed by atoms with van der Waals surface area (Å²) in [4.78, 5) is 19.7. The maximum Gasteiger partial charge on any atom is 0.397 e. The number of carbonyl (C=O) groups is 1. The molecule has 1 amide bonds. The number of alkyl halides is 3. The second kappa shape index (κ2) is 7.14. The highest BCUT2D eigenvalue weighted by Crippen LogP contribution is 2.24. The molecule has 2 rings (SSSR count). The molecule has 1 aromatic heterocycles. The van der Waals surface area contributed by atoms with Gasteiger partial charge in [-0.15, -0.1) is 0 Å². The van der Waals surface area contributed by atoms with Gasteiger partial charge in [0.25, 0.3) is 0 Å². The van der Waals surface area contributed by atoms with Crippen LogP contribution in [0.15, 0.2) is 6.07 Å². The van der Waals surface area contributed by atoms with Crippen LogP contribution in [-0.2, 0) is 4.79 Å². The monoisotopic (exact) mass is 331 g/mol. The molecule has 0 aromatic carbocycles. The number of carbonyl (C=O) groups excluding carboxylic acids is 1. The van der Waals surface area contributed by atoms with E-state index in [-0.39, 0.29) is 12.1 Å². The van der Waals surface area contributed by atoms with Crippen LogP contribution in [0.3, 0.4) is 0 Å². The molecular formula is C15H20F3N3O2. The number of hydrogen-bond donors (Lipinski definition) is 1. The molecule has 8 heteroatoms. The van der Waals surface area contributed by atoms with Gasteiger partial charge >= 0.3 is 12.2 Å². The maximum atomic E-state index is 12.1. The maximum absolute atomic E-state index is 12.1. The van der Waals surface area contributed by atoms with Gasteiger partial charge in [-0.1, -0.05) is 0 Å². The Hall–Kier alpha value is -1.86. The molecule has 0 spiro atoms. The summed E-state index contributed by atoms with van der Waals surface area (Å²) in [6, 6.07) is 1.94. The topological polar surface area (TPSA) is 64.1 Å². The van der Waals surface area contributed by atoms with Gasteiger partial charge in [-0.3, -0.25) is 4.79 Å². The van der Waals surface area contributed by atoms with E-state index in [4.69, 9.17) is 4.74 Å². The number of aromatic nitrogens is 2. The fourth-order valence-corrected chi connectivity index (χ4v) is 2.68. The average molecular weight is 331 g/mol. The molecule has 0 atom stereocenters. The second-order valence-electron chi connectivity index (χ2n) is 5.88. The molecule has 1 aromatic rings. The highest BCUT2D eigenvalue weighted by molar-refractivity contribution is 5.76. The fourth-order valence-electron chi connectivity index (χ4n) is 2.68. The van der Waals surface area contributed by atoms with E-state index in [0.29, 0.717) is 31.7 Å². The molecular weight excluding hydrogens is 311 g/mol. The van der Waals surface area contributed by atoms with Crippen molar-refractivity contribution in [2.45, 2.75) is 64.3 Å². The number of rotatable bonds is 4. The highest BCUT2D eigenvalue weighted by atomic mass is 19.4. The van der Waals surface area contributed by atoms with Gasteiger partial charge in [0.1, 0.15) is 12.5 Å². The molecule has 0 aliphatic heterocycles. The average Bonchev–Trinajstić information content (AvgIpc) is 2.37. The molecule has 5 nitrogen and oxygen atoms in total. The Morgan fingerprint density at radius 1 is 1.22 bits per heavy atom. The molecule has 1 heterocycles. The lowest BCUT2D eigenvalue weighted by Crippen LogP contribution is -2.41. The van der Waals surface area contributed by atoms with Crippen LogP contribution in [0.25, 0.3) is 0 Å². The van der Waals surface area contributed by atoms with Crippen LogP contribution in [0.1, 0.15) is 43.5 Å². The largest absolute Gasteiger partial charge is 0.460 e. The van der Waals surface area contributed by atoms with Gasteiger partial charge < -0.3 is 10.1 Å². The second-order valence-corrected chi connectivity index (χ2v) is 5.88. The Kier molecular flexibility index (Phi) is 5.43. The van der Waals surface area contributed by atoms with E-state index in [1.54, 1.807) is 0 Å². The van der Waals surface area contributed by atoms with Gasteiger partial charge in [-0.25, -0.2) is 9.97 Å². The van der Waals surface area contributed by atoms with E-state index >= 15 is 0 Å². The smallest absolute Gasteiger partial charge is 0.397 e. The molecule has 0 bridgehead atoms. The molecule has 1 aliphatic carbocycles. The van der Waals surface area contributed by atoms with Crippen LogP contribution in [0.5, 0.6) is 6.01 Å². The first-order valence-corrected chi connectivity index (χ1v) is 7.56. The van der Waals surface area contributed by atoms with E-state index in [1.807, 2.05) is 19.9 Å². The zero-order chi connectivity index (χ0) is 17.0. The van der Waals surface area contributed by atoms with Crippen molar-refractivity contribution < 1.29 is 22.7 Å². The van der Waals surface area contributed by atoms with Gasteiger partial charge in [0.05, 0.1) is 0 Å². The molecule has 1 saturated carbocycles. The van der Waals surface area contributed by atoms with Gasteiger partial charge in [-0.2, -0.15) is 13.2 Å². The normalized spacial score (nSPS) is 21.8. The first-order valence-electron chi connectivity index (χ1n) is 7.56. The predicted molar refractivity (Wildman–Crippen MR) is 77.0 cm³/mol. The van der Waals surface area contributed by atoms with Crippen LogP contribution in [0.2, 0.25) is 0 Å². The quantitative estimate of drug-likeness (QED) is 0.921. The van der Waals surface area contributed by atoms with Crippen molar-refractivity contribution in [1.29, 1.82) is 0 Å². The molecule has 128 valence electrons. The summed E-state index contributed by atoms with van der Waals surface area (Å²) >= 11 is 0. The van der Waals surface area contributed by atoms with E-state index in [2.05, 4.69) is 15.3 Å². The lowest BCUT2D eigenvalue weighted by atomic mass is 9.93. The molecule has 1 N–H and O–H groups in total. The minimum absolute atomic E-state index is 0.0769. The number of ether oxygens (including phenoxy) is 1. The third kappa shape index (κ3) is 6.03. The third-order valence-corrected chi connectivity index (χ3v) is 3.63. The number of amides is 1. The Morgan fingerprint density at radius 3 is 2.30 bits per heavy atom. The minimum atomic E-state index is -4.47. The number of aryl methyl sites for hydroxylation is 2. The predicted octanol–water partition coefficient (Wildman–Crippen LogP) is 2.85. The minimum Gasteiger partial charge on any atom is -0.460 e. The number of halogens is 3. The van der Waals surface area contributed by atoms with Crippen molar-refractivity contribution >= 4 is 5.91 Å². The summed E-state index contributed by atoms with van der Waals surface area (Å²) in [5, 5.41) is 2.43. The van der Waals surface area contributed by atoms with Gasteiger partial charge in [0, 0.05) is 17.4 Å². The van der Waals surface area contributed by atoms with E-state index in [1.165, 1.54) is 0 Å². The Balaban J connectivity index is 1.78. The lowest BCUT2D eigenvalue weighted by Gasteiger charge is -2.29. The van der Waals surface area contributed by atoms with Crippen molar-refractivity contribution in [3.8, 4) is 6.01 Å². The summed E-state index contributed by atoms with van der Waals surface area (Å²) < 4.78 is 42.1. The molecule has 1 aliphatic rings. The zero-order valence-electron chi connectivity index (χ0n) is 13.1. The Morgan fingerprint density at radius 2 is 1.78 bits per heavy atom. The number of nitrogens with zero attached hydrogens (tertiary/aromatic N) is 2. The van der Waals surface area contributed by atoms with Crippen LogP contribution in [0, 0.1) is 13.8 Å². The molecule has 0 saturated heterocycles. The Labute approximate surface area is 132 Å². The lowest BCUT2D eigenvalue weighted by molar-refractivity contribution is -0.154. The third-order valence-electron chi connectivity index (χ3n) is 3.63. The Bertz CT molecular complexity index is 535. The van der Waals surface area contributed by atoms with Gasteiger partial charge in [0.2, 0.25) is 5.91 Å². The summed E-state index contributed by atoms with van der Waals surface area (Å²) in [7, 11) is 0. The zero-order valence-corrected chi connectivity index (χ0v) is 13.1. The van der Waals surface area contributed by atoms with E-state index in [0.717, 1.165) is 11.4 Å². The molecule has 0 unspecified atom stereocenters. The molecule has 0 radical (unpaired) electrons. The summed E-state index contributed by atoms with van der Waals surface area (Å²) in [5.41, 5.74) is 1.64.